The van der Waals surface area contributed by atoms with Crippen LogP contribution in [-0.4, -0.2) is 40.3 Å². The van der Waals surface area contributed by atoms with Gasteiger partial charge in [-0.3, -0.25) is 14.5 Å². The molecule has 0 spiro atoms. The molecule has 164 valence electrons. The topological polar surface area (TPSA) is 93.1 Å². The monoisotopic (exact) mass is 515 g/mol. The summed E-state index contributed by atoms with van der Waals surface area (Å²) >= 11 is 4.31. The van der Waals surface area contributed by atoms with Crippen LogP contribution in [0.2, 0.25) is 0 Å². The van der Waals surface area contributed by atoms with Crippen molar-refractivity contribution >= 4 is 50.9 Å². The molecule has 0 aromatic heterocycles. The average Bonchev–Trinajstić information content (AvgIpc) is 3.01. The lowest BCUT2D eigenvalue weighted by Crippen LogP contribution is -2.28. The number of ether oxygens (including phenoxy) is 2. The van der Waals surface area contributed by atoms with Gasteiger partial charge in [-0.15, -0.1) is 6.42 Å². The molecule has 1 aliphatic heterocycles. The van der Waals surface area contributed by atoms with Crippen LogP contribution in [0.5, 0.6) is 11.5 Å². The van der Waals surface area contributed by atoms with E-state index in [0.717, 1.165) is 22.2 Å². The fourth-order valence-electron chi connectivity index (χ4n) is 2.85. The predicted octanol–water partition coefficient (Wildman–Crippen LogP) is 4.79. The summed E-state index contributed by atoms with van der Waals surface area (Å²) in [5.41, 5.74) is 1.63. The van der Waals surface area contributed by atoms with Gasteiger partial charge in [-0.1, -0.05) is 18.1 Å². The maximum atomic E-state index is 12.4. The van der Waals surface area contributed by atoms with E-state index in [1.165, 1.54) is 12.1 Å². The Kier molecular flexibility index (Phi) is 7.62. The van der Waals surface area contributed by atoms with Gasteiger partial charge in [-0.05, 0) is 76.1 Å². The Morgan fingerprint density at radius 1 is 1.25 bits per heavy atom. The van der Waals surface area contributed by atoms with Gasteiger partial charge in [-0.2, -0.15) is 0 Å². The molecule has 0 aliphatic carbocycles. The highest BCUT2D eigenvalue weighted by Crippen LogP contribution is 2.39. The third-order valence-electron chi connectivity index (χ3n) is 4.34. The molecule has 9 heteroatoms. The van der Waals surface area contributed by atoms with E-state index in [2.05, 4.69) is 21.9 Å². The van der Waals surface area contributed by atoms with Crippen LogP contribution in [0.3, 0.4) is 0 Å². The van der Waals surface area contributed by atoms with E-state index >= 15 is 0 Å². The third kappa shape index (κ3) is 5.33. The SMILES string of the molecule is C#CCN1C(=O)S/C(=C/c2cc(Br)c(OCc3ccc(C(=O)O)cc3)c(OCC)c2)C1=O. The van der Waals surface area contributed by atoms with Gasteiger partial charge >= 0.3 is 5.97 Å². The predicted molar refractivity (Wildman–Crippen MR) is 125 cm³/mol. The first-order chi connectivity index (χ1) is 15.3. The number of carboxylic acid groups (broad SMARTS) is 1. The van der Waals surface area contributed by atoms with Crippen LogP contribution < -0.4 is 9.47 Å². The van der Waals surface area contributed by atoms with Gasteiger partial charge in [0.1, 0.15) is 6.61 Å². The second kappa shape index (κ2) is 10.4. The van der Waals surface area contributed by atoms with Gasteiger partial charge in [0.2, 0.25) is 0 Å². The zero-order valence-corrected chi connectivity index (χ0v) is 19.4. The number of carboxylic acids is 1. The summed E-state index contributed by atoms with van der Waals surface area (Å²) < 4.78 is 12.2. The molecule has 2 aromatic rings. The van der Waals surface area contributed by atoms with Gasteiger partial charge in [0.05, 0.1) is 28.1 Å². The van der Waals surface area contributed by atoms with E-state index in [1.807, 2.05) is 6.92 Å². The van der Waals surface area contributed by atoms with E-state index in [-0.39, 0.29) is 23.6 Å². The lowest BCUT2D eigenvalue weighted by atomic mass is 10.1. The van der Waals surface area contributed by atoms with E-state index in [9.17, 15) is 14.4 Å². The van der Waals surface area contributed by atoms with Crippen molar-refractivity contribution in [3.05, 3.63) is 62.5 Å². The summed E-state index contributed by atoms with van der Waals surface area (Å²) in [6.07, 6.45) is 6.82. The fraction of sp³-hybridized carbons (Fsp3) is 0.174. The average molecular weight is 516 g/mol. The zero-order chi connectivity index (χ0) is 23.3. The molecule has 0 radical (unpaired) electrons. The first kappa shape index (κ1) is 23.4. The molecule has 0 saturated carbocycles. The molecule has 1 fully saturated rings. The highest BCUT2D eigenvalue weighted by atomic mass is 79.9. The van der Waals surface area contributed by atoms with Crippen molar-refractivity contribution < 1.29 is 29.0 Å². The lowest BCUT2D eigenvalue weighted by molar-refractivity contribution is -0.122. The quantitative estimate of drug-likeness (QED) is 0.398. The first-order valence-electron chi connectivity index (χ1n) is 9.44. The molecule has 32 heavy (non-hydrogen) atoms. The molecule has 0 atom stereocenters. The van der Waals surface area contributed by atoms with Gasteiger partial charge < -0.3 is 14.6 Å². The Morgan fingerprint density at radius 3 is 2.59 bits per heavy atom. The molecule has 7 nitrogen and oxygen atoms in total. The van der Waals surface area contributed by atoms with Gasteiger partial charge in [0, 0.05) is 0 Å². The Balaban J connectivity index is 1.83. The van der Waals surface area contributed by atoms with Crippen molar-refractivity contribution in [2.24, 2.45) is 0 Å². The highest BCUT2D eigenvalue weighted by Gasteiger charge is 2.34. The van der Waals surface area contributed by atoms with Crippen molar-refractivity contribution in [2.45, 2.75) is 13.5 Å². The number of carbonyl (C=O) groups is 3. The van der Waals surface area contributed by atoms with E-state index < -0.39 is 17.1 Å². The van der Waals surface area contributed by atoms with Crippen LogP contribution >= 0.6 is 27.7 Å². The van der Waals surface area contributed by atoms with Crippen LogP contribution in [0.4, 0.5) is 4.79 Å². The number of halogens is 1. The molecule has 0 unspecified atom stereocenters. The minimum Gasteiger partial charge on any atom is -0.490 e. The number of carbonyl (C=O) groups excluding carboxylic acids is 2. The van der Waals surface area contributed by atoms with Crippen molar-refractivity contribution in [1.82, 2.24) is 4.90 Å². The summed E-state index contributed by atoms with van der Waals surface area (Å²) in [6.45, 7) is 2.34. The lowest BCUT2D eigenvalue weighted by Gasteiger charge is -2.15. The van der Waals surface area contributed by atoms with Crippen molar-refractivity contribution in [2.75, 3.05) is 13.2 Å². The molecule has 2 aromatic carbocycles. The smallest absolute Gasteiger partial charge is 0.335 e. The maximum Gasteiger partial charge on any atom is 0.335 e. The number of nitrogens with zero attached hydrogens (tertiary/aromatic N) is 1. The Morgan fingerprint density at radius 2 is 1.97 bits per heavy atom. The van der Waals surface area contributed by atoms with Crippen molar-refractivity contribution in [1.29, 1.82) is 0 Å². The molecule has 1 saturated heterocycles. The normalized spacial score (nSPS) is 14.5. The fourth-order valence-corrected chi connectivity index (χ4v) is 4.26. The van der Waals surface area contributed by atoms with E-state index in [4.69, 9.17) is 21.0 Å². The number of terminal acetylenes is 1. The molecule has 0 bridgehead atoms. The molecule has 2 amide bonds. The first-order valence-corrected chi connectivity index (χ1v) is 11.0. The Hall–Kier alpha value is -3.22. The number of amides is 2. The summed E-state index contributed by atoms with van der Waals surface area (Å²) in [5, 5.41) is 8.60. The molecular weight excluding hydrogens is 498 g/mol. The van der Waals surface area contributed by atoms with Crippen LogP contribution in [0.25, 0.3) is 6.08 Å². The largest absolute Gasteiger partial charge is 0.490 e. The highest BCUT2D eigenvalue weighted by molar-refractivity contribution is 9.10. The third-order valence-corrected chi connectivity index (χ3v) is 5.83. The molecule has 1 N–H and O–H groups in total. The number of aromatic carboxylic acids is 1. The van der Waals surface area contributed by atoms with E-state index in [0.29, 0.717) is 28.1 Å². The molecular formula is C23H18BrNO6S. The van der Waals surface area contributed by atoms with E-state index in [1.54, 1.807) is 30.3 Å². The minimum absolute atomic E-state index is 0.0733. The maximum absolute atomic E-state index is 12.4. The molecule has 1 aliphatic rings. The van der Waals surface area contributed by atoms with Crippen LogP contribution in [0, 0.1) is 12.3 Å². The summed E-state index contributed by atoms with van der Waals surface area (Å²) in [7, 11) is 0. The van der Waals surface area contributed by atoms with Crippen molar-refractivity contribution in [3.8, 4) is 23.8 Å². The number of hydrogen-bond acceptors (Lipinski definition) is 6. The summed E-state index contributed by atoms with van der Waals surface area (Å²) in [6, 6.07) is 9.84. The van der Waals surface area contributed by atoms with Crippen LogP contribution in [0.1, 0.15) is 28.4 Å². The van der Waals surface area contributed by atoms with Crippen molar-refractivity contribution in [3.63, 3.8) is 0 Å². The number of rotatable bonds is 8. The van der Waals surface area contributed by atoms with Crippen LogP contribution in [-0.2, 0) is 11.4 Å². The van der Waals surface area contributed by atoms with Gasteiger partial charge in [-0.25, -0.2) is 4.79 Å². The molecule has 3 rings (SSSR count). The van der Waals surface area contributed by atoms with Crippen LogP contribution in [0.15, 0.2) is 45.8 Å². The Labute approximate surface area is 197 Å². The van der Waals surface area contributed by atoms with Gasteiger partial charge in [0.25, 0.3) is 11.1 Å². The number of imide groups is 1. The van der Waals surface area contributed by atoms with Gasteiger partial charge in [0.15, 0.2) is 11.5 Å². The number of hydrogen-bond donors (Lipinski definition) is 1. The standard InChI is InChI=1S/C23H18BrNO6S/c1-3-9-25-21(26)19(32-23(25)29)12-15-10-17(24)20(18(11-15)30-4-2)31-13-14-5-7-16(8-6-14)22(27)28/h1,5-8,10-12H,4,9,13H2,2H3,(H,27,28)/b19-12+. The Bertz CT molecular complexity index is 1140. The number of thioether (sulfide) groups is 1. The number of benzene rings is 2. The zero-order valence-electron chi connectivity index (χ0n) is 17.0. The summed E-state index contributed by atoms with van der Waals surface area (Å²) in [4.78, 5) is 36.7. The second-order valence-electron chi connectivity index (χ2n) is 6.53. The minimum atomic E-state index is -0.994. The second-order valence-corrected chi connectivity index (χ2v) is 8.37. The molecule has 1 heterocycles. The summed E-state index contributed by atoms with van der Waals surface area (Å²) in [5.74, 6) is 1.80.